The molecule has 140 valence electrons. The van der Waals surface area contributed by atoms with Gasteiger partial charge in [0.1, 0.15) is 5.82 Å². The van der Waals surface area contributed by atoms with Crippen molar-refractivity contribution in [2.75, 3.05) is 13.2 Å². The average molecular weight is 373 g/mol. The van der Waals surface area contributed by atoms with Crippen LogP contribution in [0.1, 0.15) is 36.0 Å². The number of amides is 1. The van der Waals surface area contributed by atoms with Crippen LogP contribution in [0.25, 0.3) is 11.4 Å². The molecule has 10 heteroatoms. The second-order valence-electron chi connectivity index (χ2n) is 5.99. The zero-order valence-electron chi connectivity index (χ0n) is 13.7. The van der Waals surface area contributed by atoms with E-state index in [0.29, 0.717) is 13.2 Å². The minimum atomic E-state index is -4.82. The maximum atomic E-state index is 14.2. The van der Waals surface area contributed by atoms with Crippen molar-refractivity contribution in [3.05, 3.63) is 35.5 Å². The molecule has 26 heavy (non-hydrogen) atoms. The van der Waals surface area contributed by atoms with Crippen molar-refractivity contribution in [2.24, 2.45) is 0 Å². The van der Waals surface area contributed by atoms with E-state index < -0.39 is 35.2 Å². The van der Waals surface area contributed by atoms with Gasteiger partial charge in [0.15, 0.2) is 0 Å². The van der Waals surface area contributed by atoms with Gasteiger partial charge in [-0.05, 0) is 38.0 Å². The van der Waals surface area contributed by atoms with Gasteiger partial charge in [-0.1, -0.05) is 5.16 Å². The highest BCUT2D eigenvalue weighted by molar-refractivity contribution is 5.95. The summed E-state index contributed by atoms with van der Waals surface area (Å²) in [6, 6.07) is 3.34. The van der Waals surface area contributed by atoms with E-state index in [0.717, 1.165) is 25.0 Å². The summed E-state index contributed by atoms with van der Waals surface area (Å²) >= 11 is 0. The lowest BCUT2D eigenvalue weighted by atomic mass is 10.1. The van der Waals surface area contributed by atoms with Crippen molar-refractivity contribution in [2.45, 2.75) is 31.5 Å². The van der Waals surface area contributed by atoms with Gasteiger partial charge in [0.05, 0.1) is 17.7 Å². The molecule has 6 nitrogen and oxygen atoms in total. The number of aromatic nitrogens is 2. The molecule has 0 aliphatic heterocycles. The van der Waals surface area contributed by atoms with Gasteiger partial charge >= 0.3 is 12.1 Å². The van der Waals surface area contributed by atoms with Gasteiger partial charge in [-0.25, -0.2) is 4.39 Å². The monoisotopic (exact) mass is 373 g/mol. The summed E-state index contributed by atoms with van der Waals surface area (Å²) in [7, 11) is 0. The number of nitrogens with one attached hydrogen (secondary N) is 1. The number of carbonyl (C=O) groups excluding carboxylic acids is 1. The Labute approximate surface area is 145 Å². The first-order chi connectivity index (χ1) is 12.2. The minimum Gasteiger partial charge on any atom is -0.379 e. The standard InChI is InChI=1S/C16H15F4N3O3/c1-2-25-8-15(5-6-15)22-13(24)9-3-4-10(11(17)7-9)12-21-14(26-23-12)16(18,19)20/h3-4,7H,2,5-6,8H2,1H3,(H,22,24). The molecular formula is C16H15F4N3O3. The summed E-state index contributed by atoms with van der Waals surface area (Å²) in [6.07, 6.45) is -3.29. The summed E-state index contributed by atoms with van der Waals surface area (Å²) in [5, 5.41) is 5.93. The summed E-state index contributed by atoms with van der Waals surface area (Å²) in [6.45, 7) is 2.73. The zero-order chi connectivity index (χ0) is 18.9. The van der Waals surface area contributed by atoms with Crippen molar-refractivity contribution in [1.29, 1.82) is 0 Å². The lowest BCUT2D eigenvalue weighted by Crippen LogP contribution is -2.40. The van der Waals surface area contributed by atoms with E-state index >= 15 is 0 Å². The van der Waals surface area contributed by atoms with Crippen LogP contribution in [0.4, 0.5) is 17.6 Å². The van der Waals surface area contributed by atoms with Gasteiger partial charge in [0.25, 0.3) is 5.91 Å². The third-order valence-corrected chi connectivity index (χ3v) is 3.96. The summed E-state index contributed by atoms with van der Waals surface area (Å²) in [5.41, 5.74) is -0.692. The van der Waals surface area contributed by atoms with Gasteiger partial charge in [0, 0.05) is 12.2 Å². The number of alkyl halides is 3. The van der Waals surface area contributed by atoms with Crippen LogP contribution in [-0.4, -0.2) is 34.8 Å². The largest absolute Gasteiger partial charge is 0.471 e. The Hall–Kier alpha value is -2.49. The molecule has 1 amide bonds. The van der Waals surface area contributed by atoms with Gasteiger partial charge in [-0.2, -0.15) is 18.2 Å². The van der Waals surface area contributed by atoms with E-state index in [1.165, 1.54) is 6.07 Å². The molecule has 1 aromatic heterocycles. The molecule has 1 N–H and O–H groups in total. The zero-order valence-corrected chi connectivity index (χ0v) is 13.7. The highest BCUT2D eigenvalue weighted by Crippen LogP contribution is 2.36. The number of benzene rings is 1. The third-order valence-electron chi connectivity index (χ3n) is 3.96. The fourth-order valence-electron chi connectivity index (χ4n) is 2.35. The average Bonchev–Trinajstić information content (AvgIpc) is 3.14. The minimum absolute atomic E-state index is 0.0357. The SMILES string of the molecule is CCOCC1(NC(=O)c2ccc(-c3noc(C(F)(F)F)n3)c(F)c2)CC1. The van der Waals surface area contributed by atoms with Crippen LogP contribution in [0.15, 0.2) is 22.7 Å². The molecule has 0 atom stereocenters. The van der Waals surface area contributed by atoms with E-state index in [9.17, 15) is 22.4 Å². The first-order valence-corrected chi connectivity index (χ1v) is 7.85. The van der Waals surface area contributed by atoms with Crippen LogP contribution in [0.5, 0.6) is 0 Å². The van der Waals surface area contributed by atoms with Crippen LogP contribution in [0, 0.1) is 5.82 Å². The van der Waals surface area contributed by atoms with Crippen LogP contribution in [-0.2, 0) is 10.9 Å². The lowest BCUT2D eigenvalue weighted by Gasteiger charge is -2.17. The van der Waals surface area contributed by atoms with Gasteiger partial charge < -0.3 is 14.6 Å². The van der Waals surface area contributed by atoms with Crippen molar-refractivity contribution in [1.82, 2.24) is 15.5 Å². The van der Waals surface area contributed by atoms with Crippen LogP contribution >= 0.6 is 0 Å². The highest BCUT2D eigenvalue weighted by atomic mass is 19.4. The van der Waals surface area contributed by atoms with Crippen LogP contribution in [0.3, 0.4) is 0 Å². The van der Waals surface area contributed by atoms with Gasteiger partial charge in [-0.15, -0.1) is 0 Å². The number of rotatable bonds is 6. The Bertz CT molecular complexity index is 815. The van der Waals surface area contributed by atoms with Crippen molar-refractivity contribution < 1.29 is 31.6 Å². The fraction of sp³-hybridized carbons (Fsp3) is 0.438. The molecule has 1 aliphatic rings. The molecule has 2 aromatic rings. The predicted molar refractivity (Wildman–Crippen MR) is 80.6 cm³/mol. The van der Waals surface area contributed by atoms with Crippen molar-refractivity contribution >= 4 is 5.91 Å². The highest BCUT2D eigenvalue weighted by Gasteiger charge is 2.44. The summed E-state index contributed by atoms with van der Waals surface area (Å²) < 4.78 is 61.1. The van der Waals surface area contributed by atoms with E-state index in [4.69, 9.17) is 4.74 Å². The van der Waals surface area contributed by atoms with E-state index in [2.05, 4.69) is 20.0 Å². The molecule has 1 saturated carbocycles. The smallest absolute Gasteiger partial charge is 0.379 e. The van der Waals surface area contributed by atoms with Gasteiger partial charge in [-0.3, -0.25) is 4.79 Å². The Morgan fingerprint density at radius 1 is 1.38 bits per heavy atom. The van der Waals surface area contributed by atoms with E-state index in [1.54, 1.807) is 0 Å². The Morgan fingerprint density at radius 2 is 2.12 bits per heavy atom. The van der Waals surface area contributed by atoms with Crippen LogP contribution in [0.2, 0.25) is 0 Å². The molecule has 0 spiro atoms. The van der Waals surface area contributed by atoms with Crippen molar-refractivity contribution in [3.8, 4) is 11.4 Å². The molecule has 0 radical (unpaired) electrons. The molecule has 0 unspecified atom stereocenters. The second-order valence-corrected chi connectivity index (χ2v) is 5.99. The molecule has 0 bridgehead atoms. The number of halogens is 4. The summed E-state index contributed by atoms with van der Waals surface area (Å²) in [4.78, 5) is 15.4. The molecule has 1 aliphatic carbocycles. The first kappa shape index (κ1) is 18.3. The number of hydrogen-bond donors (Lipinski definition) is 1. The topological polar surface area (TPSA) is 77.2 Å². The van der Waals surface area contributed by atoms with Crippen LogP contribution < -0.4 is 5.32 Å². The Balaban J connectivity index is 1.75. The third kappa shape index (κ3) is 3.85. The van der Waals surface area contributed by atoms with E-state index in [-0.39, 0.29) is 11.1 Å². The predicted octanol–water partition coefficient (Wildman–Crippen LogP) is 3.19. The Morgan fingerprint density at radius 3 is 2.65 bits per heavy atom. The molecule has 1 fully saturated rings. The quantitative estimate of drug-likeness (QED) is 0.787. The van der Waals surface area contributed by atoms with E-state index in [1.807, 2.05) is 6.92 Å². The molecular weight excluding hydrogens is 358 g/mol. The number of carbonyl (C=O) groups is 1. The molecule has 1 aromatic carbocycles. The van der Waals surface area contributed by atoms with Gasteiger partial charge in [0.2, 0.25) is 5.82 Å². The first-order valence-electron chi connectivity index (χ1n) is 7.85. The Kier molecular flexibility index (Phi) is 4.70. The molecule has 0 saturated heterocycles. The number of hydrogen-bond acceptors (Lipinski definition) is 5. The summed E-state index contributed by atoms with van der Waals surface area (Å²) in [5.74, 6) is -3.53. The van der Waals surface area contributed by atoms with Crippen molar-refractivity contribution in [3.63, 3.8) is 0 Å². The normalized spacial score (nSPS) is 15.7. The maximum absolute atomic E-state index is 14.2. The molecule has 1 heterocycles. The fourth-order valence-corrected chi connectivity index (χ4v) is 2.35. The number of ether oxygens (including phenoxy) is 1. The maximum Gasteiger partial charge on any atom is 0.471 e. The lowest BCUT2D eigenvalue weighted by molar-refractivity contribution is -0.159. The number of nitrogens with zero attached hydrogens (tertiary/aromatic N) is 2. The second kappa shape index (κ2) is 6.67. The molecule has 3 rings (SSSR count).